The Morgan fingerprint density at radius 2 is 2.19 bits per heavy atom. The van der Waals surface area contributed by atoms with Gasteiger partial charge < -0.3 is 10.1 Å². The van der Waals surface area contributed by atoms with Gasteiger partial charge in [-0.15, -0.1) is 0 Å². The lowest BCUT2D eigenvalue weighted by molar-refractivity contribution is 0.102. The molecule has 27 heavy (non-hydrogen) atoms. The summed E-state index contributed by atoms with van der Waals surface area (Å²) in [4.78, 5) is 16.6. The van der Waals surface area contributed by atoms with Crippen molar-refractivity contribution in [1.82, 2.24) is 25.0 Å². The molecule has 3 heterocycles. The number of ether oxygens (including phenoxy) is 1. The van der Waals surface area contributed by atoms with Crippen molar-refractivity contribution < 1.29 is 13.9 Å². The molecular formula is C18H15FN6O2. The second-order valence-corrected chi connectivity index (χ2v) is 5.83. The number of carbonyl (C=O) groups excluding carboxylic acids is 1. The van der Waals surface area contributed by atoms with Gasteiger partial charge in [0.05, 0.1) is 30.1 Å². The zero-order valence-corrected chi connectivity index (χ0v) is 14.5. The molecule has 1 aromatic carbocycles. The molecule has 1 amide bonds. The average molecular weight is 366 g/mol. The molecule has 4 rings (SSSR count). The molecule has 9 heteroatoms. The van der Waals surface area contributed by atoms with E-state index in [0.29, 0.717) is 28.2 Å². The Morgan fingerprint density at radius 1 is 1.33 bits per heavy atom. The van der Waals surface area contributed by atoms with Gasteiger partial charge in [-0.3, -0.25) is 19.6 Å². The first-order chi connectivity index (χ1) is 13.1. The molecule has 0 unspecified atom stereocenters. The SMILES string of the molecule is COc1cccc(F)c1-c1cc2c(NC(=O)c3ccn(C)n3)n[nH]c2cn1. The number of pyridine rings is 1. The van der Waals surface area contributed by atoms with Crippen LogP contribution in [0.5, 0.6) is 5.75 Å². The van der Waals surface area contributed by atoms with Crippen LogP contribution in [0, 0.1) is 5.82 Å². The van der Waals surface area contributed by atoms with Crippen LogP contribution in [-0.2, 0) is 7.05 Å². The van der Waals surface area contributed by atoms with E-state index in [1.54, 1.807) is 37.5 Å². The van der Waals surface area contributed by atoms with Crippen molar-refractivity contribution >= 4 is 22.6 Å². The summed E-state index contributed by atoms with van der Waals surface area (Å²) in [7, 11) is 3.19. The maximum absolute atomic E-state index is 14.4. The van der Waals surface area contributed by atoms with Gasteiger partial charge in [-0.2, -0.15) is 10.2 Å². The Labute approximate surface area is 153 Å². The third-order valence-corrected chi connectivity index (χ3v) is 4.08. The number of rotatable bonds is 4. The first-order valence-electron chi connectivity index (χ1n) is 8.05. The largest absolute Gasteiger partial charge is 0.496 e. The molecule has 0 spiro atoms. The van der Waals surface area contributed by atoms with Crippen LogP contribution in [0.25, 0.3) is 22.2 Å². The van der Waals surface area contributed by atoms with Crippen LogP contribution in [0.15, 0.2) is 42.7 Å². The molecular weight excluding hydrogens is 351 g/mol. The molecule has 0 saturated heterocycles. The molecule has 0 radical (unpaired) electrons. The smallest absolute Gasteiger partial charge is 0.277 e. The number of aromatic amines is 1. The quantitative estimate of drug-likeness (QED) is 0.579. The number of hydrogen-bond acceptors (Lipinski definition) is 5. The Morgan fingerprint density at radius 3 is 2.93 bits per heavy atom. The normalized spacial score (nSPS) is 10.9. The molecule has 8 nitrogen and oxygen atoms in total. The number of methoxy groups -OCH3 is 1. The van der Waals surface area contributed by atoms with Gasteiger partial charge >= 0.3 is 0 Å². The number of fused-ring (bicyclic) bond motifs is 1. The number of nitrogens with zero attached hydrogens (tertiary/aromatic N) is 4. The zero-order valence-electron chi connectivity index (χ0n) is 14.5. The second-order valence-electron chi connectivity index (χ2n) is 5.83. The van der Waals surface area contributed by atoms with Crippen LogP contribution < -0.4 is 10.1 Å². The topological polar surface area (TPSA) is 97.7 Å². The molecule has 2 N–H and O–H groups in total. The first-order valence-corrected chi connectivity index (χ1v) is 8.05. The summed E-state index contributed by atoms with van der Waals surface area (Å²) in [6.45, 7) is 0. The lowest BCUT2D eigenvalue weighted by Crippen LogP contribution is -2.13. The summed E-state index contributed by atoms with van der Waals surface area (Å²) in [6.07, 6.45) is 3.20. The highest BCUT2D eigenvalue weighted by atomic mass is 19.1. The molecule has 0 atom stereocenters. The molecule has 0 saturated carbocycles. The van der Waals surface area contributed by atoms with Crippen molar-refractivity contribution in [3.8, 4) is 17.0 Å². The molecule has 0 aliphatic carbocycles. The van der Waals surface area contributed by atoms with E-state index in [4.69, 9.17) is 4.74 Å². The lowest BCUT2D eigenvalue weighted by Gasteiger charge is -2.09. The zero-order chi connectivity index (χ0) is 19.0. The van der Waals surface area contributed by atoms with E-state index in [0.717, 1.165) is 0 Å². The molecule has 0 aliphatic rings. The number of nitrogens with one attached hydrogen (secondary N) is 2. The van der Waals surface area contributed by atoms with Crippen molar-refractivity contribution in [2.45, 2.75) is 0 Å². The van der Waals surface area contributed by atoms with Gasteiger partial charge in [0.1, 0.15) is 11.6 Å². The molecule has 4 aromatic rings. The lowest BCUT2D eigenvalue weighted by atomic mass is 10.1. The Bertz CT molecular complexity index is 1150. The summed E-state index contributed by atoms with van der Waals surface area (Å²) in [6, 6.07) is 7.80. The van der Waals surface area contributed by atoms with Crippen LogP contribution in [-0.4, -0.2) is 38.0 Å². The second kappa shape index (κ2) is 6.52. The number of carbonyl (C=O) groups is 1. The van der Waals surface area contributed by atoms with E-state index in [1.165, 1.54) is 24.1 Å². The van der Waals surface area contributed by atoms with Crippen LogP contribution in [0.1, 0.15) is 10.5 Å². The van der Waals surface area contributed by atoms with Crippen molar-refractivity contribution in [2.75, 3.05) is 12.4 Å². The number of H-pyrrole nitrogens is 1. The van der Waals surface area contributed by atoms with Gasteiger partial charge in [0, 0.05) is 18.6 Å². The predicted molar refractivity (Wildman–Crippen MR) is 97.0 cm³/mol. The number of anilines is 1. The minimum atomic E-state index is -0.455. The number of aromatic nitrogens is 5. The highest BCUT2D eigenvalue weighted by molar-refractivity contribution is 6.07. The highest BCUT2D eigenvalue weighted by Crippen LogP contribution is 2.33. The van der Waals surface area contributed by atoms with Gasteiger partial charge in [0.25, 0.3) is 5.91 Å². The van der Waals surface area contributed by atoms with Crippen molar-refractivity contribution in [1.29, 1.82) is 0 Å². The van der Waals surface area contributed by atoms with Crippen molar-refractivity contribution in [2.24, 2.45) is 7.05 Å². The number of benzene rings is 1. The summed E-state index contributed by atoms with van der Waals surface area (Å²) in [5.74, 6) is -0.182. The summed E-state index contributed by atoms with van der Waals surface area (Å²) in [5.41, 5.74) is 1.47. The maximum atomic E-state index is 14.4. The summed E-state index contributed by atoms with van der Waals surface area (Å²) in [5, 5.41) is 14.3. The van der Waals surface area contributed by atoms with E-state index in [2.05, 4.69) is 25.6 Å². The maximum Gasteiger partial charge on any atom is 0.277 e. The minimum absolute atomic E-state index is 0.241. The molecule has 0 fully saturated rings. The monoisotopic (exact) mass is 366 g/mol. The summed E-state index contributed by atoms with van der Waals surface area (Å²) >= 11 is 0. The van der Waals surface area contributed by atoms with Crippen LogP contribution in [0.3, 0.4) is 0 Å². The van der Waals surface area contributed by atoms with E-state index in [-0.39, 0.29) is 11.3 Å². The third kappa shape index (κ3) is 2.99. The molecule has 0 bridgehead atoms. The average Bonchev–Trinajstić information content (AvgIpc) is 3.27. The predicted octanol–water partition coefficient (Wildman–Crippen LogP) is 2.76. The molecule has 0 aliphatic heterocycles. The number of aryl methyl sites for hydroxylation is 1. The summed E-state index contributed by atoms with van der Waals surface area (Å²) < 4.78 is 21.1. The standard InChI is InChI=1S/C18H15FN6O2/c1-25-7-6-12(24-25)18(26)21-17-10-8-13(20-9-14(10)22-23-17)16-11(19)4-3-5-15(16)27-2/h3-9H,1-2H3,(H2,21,22,23,26). The minimum Gasteiger partial charge on any atom is -0.496 e. The number of hydrogen-bond donors (Lipinski definition) is 2. The van der Waals surface area contributed by atoms with E-state index >= 15 is 0 Å². The third-order valence-electron chi connectivity index (χ3n) is 4.08. The Kier molecular flexibility index (Phi) is 4.03. The van der Waals surface area contributed by atoms with Crippen molar-refractivity contribution in [3.05, 3.63) is 54.2 Å². The van der Waals surface area contributed by atoms with E-state index in [1.807, 2.05) is 0 Å². The Balaban J connectivity index is 1.75. The van der Waals surface area contributed by atoms with Crippen LogP contribution in [0.4, 0.5) is 10.2 Å². The van der Waals surface area contributed by atoms with Gasteiger partial charge in [-0.25, -0.2) is 4.39 Å². The van der Waals surface area contributed by atoms with Gasteiger partial charge in [0.15, 0.2) is 11.5 Å². The highest BCUT2D eigenvalue weighted by Gasteiger charge is 2.17. The van der Waals surface area contributed by atoms with E-state index in [9.17, 15) is 9.18 Å². The van der Waals surface area contributed by atoms with Crippen molar-refractivity contribution in [3.63, 3.8) is 0 Å². The van der Waals surface area contributed by atoms with Gasteiger partial charge in [-0.1, -0.05) is 6.07 Å². The first kappa shape index (κ1) is 16.7. The molecule has 3 aromatic heterocycles. The molecule has 136 valence electrons. The fraction of sp³-hybridized carbons (Fsp3) is 0.111. The van der Waals surface area contributed by atoms with Crippen LogP contribution >= 0.6 is 0 Å². The van der Waals surface area contributed by atoms with Gasteiger partial charge in [-0.05, 0) is 24.3 Å². The Hall–Kier alpha value is -3.75. The number of amides is 1. The number of halogens is 1. The van der Waals surface area contributed by atoms with E-state index < -0.39 is 11.7 Å². The van der Waals surface area contributed by atoms with Gasteiger partial charge in [0.2, 0.25) is 0 Å². The fourth-order valence-electron chi connectivity index (χ4n) is 2.78. The van der Waals surface area contributed by atoms with Crippen LogP contribution in [0.2, 0.25) is 0 Å². The fourth-order valence-corrected chi connectivity index (χ4v) is 2.78.